The highest BCUT2D eigenvalue weighted by Crippen LogP contribution is 2.28. The SMILES string of the molecule is Cc1c(CNC(=O)C2CCCN(c3nc4cc(Cl)ccc4o3)C2)cnn1C. The Bertz CT molecular complexity index is 980. The molecule has 1 aromatic carbocycles. The molecule has 142 valence electrons. The van der Waals surface area contributed by atoms with Gasteiger partial charge in [0.05, 0.1) is 12.1 Å². The maximum absolute atomic E-state index is 12.6. The summed E-state index contributed by atoms with van der Waals surface area (Å²) in [6, 6.07) is 5.94. The largest absolute Gasteiger partial charge is 0.423 e. The molecule has 1 N–H and O–H groups in total. The monoisotopic (exact) mass is 387 g/mol. The molecule has 0 saturated carbocycles. The minimum Gasteiger partial charge on any atom is -0.423 e. The van der Waals surface area contributed by atoms with Crippen LogP contribution >= 0.6 is 11.6 Å². The van der Waals surface area contributed by atoms with Crippen LogP contribution in [0.5, 0.6) is 0 Å². The van der Waals surface area contributed by atoms with Crippen molar-refractivity contribution in [2.75, 3.05) is 18.0 Å². The zero-order valence-corrected chi connectivity index (χ0v) is 16.2. The van der Waals surface area contributed by atoms with Crippen LogP contribution in [-0.4, -0.2) is 33.8 Å². The van der Waals surface area contributed by atoms with Gasteiger partial charge in [0, 0.05) is 43.0 Å². The van der Waals surface area contributed by atoms with Crippen molar-refractivity contribution in [3.05, 3.63) is 40.7 Å². The quantitative estimate of drug-likeness (QED) is 0.744. The fraction of sp³-hybridized carbons (Fsp3) is 0.421. The maximum atomic E-state index is 12.6. The van der Waals surface area contributed by atoms with E-state index >= 15 is 0 Å². The number of nitrogens with one attached hydrogen (secondary N) is 1. The van der Waals surface area contributed by atoms with Gasteiger partial charge in [0.15, 0.2) is 5.58 Å². The van der Waals surface area contributed by atoms with Crippen molar-refractivity contribution in [1.29, 1.82) is 0 Å². The van der Waals surface area contributed by atoms with Crippen molar-refractivity contribution in [3.8, 4) is 0 Å². The lowest BCUT2D eigenvalue weighted by Gasteiger charge is -2.30. The third-order valence-electron chi connectivity index (χ3n) is 5.19. The standard InChI is InChI=1S/C19H22ClN5O2/c1-12-14(10-22-24(12)2)9-21-18(26)13-4-3-7-25(11-13)19-23-16-8-15(20)5-6-17(16)27-19/h5-6,8,10,13H,3-4,7,9,11H2,1-2H3,(H,21,26). The molecule has 8 heteroatoms. The van der Waals surface area contributed by atoms with Gasteiger partial charge in [0.25, 0.3) is 6.01 Å². The van der Waals surface area contributed by atoms with Gasteiger partial charge in [0.2, 0.25) is 5.91 Å². The number of nitrogens with zero attached hydrogens (tertiary/aromatic N) is 4. The minimum atomic E-state index is -0.0886. The predicted octanol–water partition coefficient (Wildman–Crippen LogP) is 3.06. The third-order valence-corrected chi connectivity index (χ3v) is 5.43. The normalized spacial score (nSPS) is 17.4. The van der Waals surface area contributed by atoms with Crippen LogP contribution in [0.15, 0.2) is 28.8 Å². The summed E-state index contributed by atoms with van der Waals surface area (Å²) in [5.74, 6) is -0.0311. The summed E-state index contributed by atoms with van der Waals surface area (Å²) in [4.78, 5) is 19.2. The number of amides is 1. The number of piperidine rings is 1. The van der Waals surface area contributed by atoms with Crippen LogP contribution in [0.3, 0.4) is 0 Å². The van der Waals surface area contributed by atoms with Gasteiger partial charge in [-0.05, 0) is 38.0 Å². The molecule has 1 aliphatic rings. The lowest BCUT2D eigenvalue weighted by molar-refractivity contribution is -0.125. The second-order valence-corrected chi connectivity index (χ2v) is 7.43. The molecular formula is C19H22ClN5O2. The fourth-order valence-electron chi connectivity index (χ4n) is 3.43. The Balaban J connectivity index is 1.42. The van der Waals surface area contributed by atoms with Gasteiger partial charge in [0.1, 0.15) is 5.52 Å². The molecule has 0 radical (unpaired) electrons. The molecule has 0 aliphatic carbocycles. The Kier molecular flexibility index (Phi) is 4.78. The Hall–Kier alpha value is -2.54. The van der Waals surface area contributed by atoms with E-state index in [1.807, 2.05) is 29.6 Å². The van der Waals surface area contributed by atoms with Crippen molar-refractivity contribution in [2.24, 2.45) is 13.0 Å². The van der Waals surface area contributed by atoms with Gasteiger partial charge < -0.3 is 14.6 Å². The average Bonchev–Trinajstić information content (AvgIpc) is 3.23. The molecule has 0 spiro atoms. The van der Waals surface area contributed by atoms with E-state index in [1.165, 1.54) is 0 Å². The Morgan fingerprint density at radius 3 is 3.07 bits per heavy atom. The van der Waals surface area contributed by atoms with Crippen LogP contribution in [0.4, 0.5) is 6.01 Å². The number of oxazole rings is 1. The molecule has 1 fully saturated rings. The lowest BCUT2D eigenvalue weighted by atomic mass is 9.97. The average molecular weight is 388 g/mol. The molecule has 3 aromatic rings. The summed E-state index contributed by atoms with van der Waals surface area (Å²) in [5.41, 5.74) is 3.53. The number of aromatic nitrogens is 3. The summed E-state index contributed by atoms with van der Waals surface area (Å²) in [6.45, 7) is 3.91. The highest BCUT2D eigenvalue weighted by atomic mass is 35.5. The number of carbonyl (C=O) groups is 1. The second-order valence-electron chi connectivity index (χ2n) is 6.99. The van der Waals surface area contributed by atoms with E-state index in [4.69, 9.17) is 16.0 Å². The van der Waals surface area contributed by atoms with Crippen LogP contribution < -0.4 is 10.2 Å². The van der Waals surface area contributed by atoms with E-state index in [0.717, 1.165) is 36.2 Å². The molecule has 1 aliphatic heterocycles. The summed E-state index contributed by atoms with van der Waals surface area (Å²) >= 11 is 6.02. The van der Waals surface area contributed by atoms with Gasteiger partial charge in [-0.2, -0.15) is 10.1 Å². The Labute approximate surface area is 162 Å². The van der Waals surface area contributed by atoms with Gasteiger partial charge >= 0.3 is 0 Å². The molecule has 0 bridgehead atoms. The van der Waals surface area contributed by atoms with Crippen LogP contribution in [0.2, 0.25) is 5.02 Å². The zero-order chi connectivity index (χ0) is 19.0. The van der Waals surface area contributed by atoms with Gasteiger partial charge in [-0.15, -0.1) is 0 Å². The number of carbonyl (C=O) groups excluding carboxylic acids is 1. The summed E-state index contributed by atoms with van der Waals surface area (Å²) < 4.78 is 7.66. The molecule has 1 saturated heterocycles. The van der Waals surface area contributed by atoms with Crippen molar-refractivity contribution in [3.63, 3.8) is 0 Å². The molecule has 1 amide bonds. The highest BCUT2D eigenvalue weighted by Gasteiger charge is 2.28. The lowest BCUT2D eigenvalue weighted by Crippen LogP contribution is -2.43. The summed E-state index contributed by atoms with van der Waals surface area (Å²) in [7, 11) is 1.90. The smallest absolute Gasteiger partial charge is 0.298 e. The molecule has 1 unspecified atom stereocenters. The fourth-order valence-corrected chi connectivity index (χ4v) is 3.60. The van der Waals surface area contributed by atoms with Crippen LogP contribution in [-0.2, 0) is 18.4 Å². The van der Waals surface area contributed by atoms with Crippen LogP contribution in [0, 0.1) is 12.8 Å². The molecule has 3 heterocycles. The Morgan fingerprint density at radius 2 is 2.30 bits per heavy atom. The number of anilines is 1. The number of hydrogen-bond acceptors (Lipinski definition) is 5. The second kappa shape index (κ2) is 7.23. The molecular weight excluding hydrogens is 366 g/mol. The van der Waals surface area contributed by atoms with E-state index in [9.17, 15) is 4.79 Å². The topological polar surface area (TPSA) is 76.2 Å². The van der Waals surface area contributed by atoms with E-state index in [2.05, 4.69) is 15.4 Å². The maximum Gasteiger partial charge on any atom is 0.298 e. The Morgan fingerprint density at radius 1 is 1.44 bits per heavy atom. The number of rotatable bonds is 4. The first-order valence-corrected chi connectivity index (χ1v) is 9.45. The molecule has 2 aromatic heterocycles. The van der Waals surface area contributed by atoms with Gasteiger partial charge in [-0.25, -0.2) is 0 Å². The van der Waals surface area contributed by atoms with Crippen molar-refractivity contribution in [1.82, 2.24) is 20.1 Å². The van der Waals surface area contributed by atoms with Gasteiger partial charge in [-0.3, -0.25) is 9.48 Å². The zero-order valence-electron chi connectivity index (χ0n) is 15.4. The van der Waals surface area contributed by atoms with Crippen LogP contribution in [0.25, 0.3) is 11.1 Å². The highest BCUT2D eigenvalue weighted by molar-refractivity contribution is 6.31. The molecule has 1 atom stereocenters. The minimum absolute atomic E-state index is 0.0575. The number of benzene rings is 1. The van der Waals surface area contributed by atoms with Crippen molar-refractivity contribution >= 4 is 34.6 Å². The molecule has 7 nitrogen and oxygen atoms in total. The number of hydrogen-bond donors (Lipinski definition) is 1. The third kappa shape index (κ3) is 3.64. The van der Waals surface area contributed by atoms with Crippen molar-refractivity contribution < 1.29 is 9.21 Å². The van der Waals surface area contributed by atoms with E-state index in [0.29, 0.717) is 29.7 Å². The first-order valence-electron chi connectivity index (χ1n) is 9.07. The first-order chi connectivity index (χ1) is 13.0. The van der Waals surface area contributed by atoms with Gasteiger partial charge in [-0.1, -0.05) is 11.6 Å². The number of aryl methyl sites for hydroxylation is 1. The molecule has 4 rings (SSSR count). The summed E-state index contributed by atoms with van der Waals surface area (Å²) in [6.07, 6.45) is 3.58. The summed E-state index contributed by atoms with van der Waals surface area (Å²) in [5, 5.41) is 7.88. The van der Waals surface area contributed by atoms with E-state index < -0.39 is 0 Å². The predicted molar refractivity (Wildman–Crippen MR) is 104 cm³/mol. The van der Waals surface area contributed by atoms with E-state index in [1.54, 1.807) is 18.3 Å². The molecule has 27 heavy (non-hydrogen) atoms. The number of fused-ring (bicyclic) bond motifs is 1. The number of halogens is 1. The van der Waals surface area contributed by atoms with Crippen molar-refractivity contribution in [2.45, 2.75) is 26.3 Å². The van der Waals surface area contributed by atoms with Crippen LogP contribution in [0.1, 0.15) is 24.1 Å². The first kappa shape index (κ1) is 17.9. The van der Waals surface area contributed by atoms with E-state index in [-0.39, 0.29) is 11.8 Å².